The van der Waals surface area contributed by atoms with Crippen molar-refractivity contribution in [3.8, 4) is 0 Å². The van der Waals surface area contributed by atoms with Gasteiger partial charge in [-0.3, -0.25) is 15.4 Å². The van der Waals surface area contributed by atoms with E-state index in [0.717, 1.165) is 19.3 Å². The van der Waals surface area contributed by atoms with Crippen molar-refractivity contribution in [3.63, 3.8) is 0 Å². The van der Waals surface area contributed by atoms with Crippen LogP contribution in [0.15, 0.2) is 0 Å². The van der Waals surface area contributed by atoms with E-state index in [0.29, 0.717) is 32.0 Å². The number of carbonyl (C=O) groups is 2. The SMILES string of the molecule is CCCCCCCCCCCCCCC(=O)NC(CCCNC(N)NC(C)C)C(=O)OCC. The average molecular weight is 471 g/mol. The van der Waals surface area contributed by atoms with Crippen molar-refractivity contribution in [1.82, 2.24) is 16.0 Å². The van der Waals surface area contributed by atoms with Gasteiger partial charge < -0.3 is 15.8 Å². The number of nitrogens with two attached hydrogens (primary N) is 1. The van der Waals surface area contributed by atoms with Gasteiger partial charge in [0.15, 0.2) is 0 Å². The zero-order valence-electron chi connectivity index (χ0n) is 22.1. The van der Waals surface area contributed by atoms with Gasteiger partial charge in [-0.05, 0) is 46.6 Å². The summed E-state index contributed by atoms with van der Waals surface area (Å²) in [5.41, 5.74) is 5.93. The summed E-state index contributed by atoms with van der Waals surface area (Å²) in [7, 11) is 0. The number of unbranched alkanes of at least 4 members (excludes halogenated alkanes) is 11. The van der Waals surface area contributed by atoms with E-state index in [-0.39, 0.29) is 18.2 Å². The van der Waals surface area contributed by atoms with Crippen LogP contribution in [-0.4, -0.2) is 43.4 Å². The summed E-state index contributed by atoms with van der Waals surface area (Å²) in [5, 5.41) is 9.21. The third kappa shape index (κ3) is 21.1. The minimum atomic E-state index is -0.592. The first kappa shape index (κ1) is 31.8. The summed E-state index contributed by atoms with van der Waals surface area (Å²) >= 11 is 0. The second-order valence-corrected chi connectivity index (χ2v) is 9.41. The van der Waals surface area contributed by atoms with Crippen molar-refractivity contribution in [2.75, 3.05) is 13.2 Å². The van der Waals surface area contributed by atoms with E-state index in [1.54, 1.807) is 6.92 Å². The summed E-state index contributed by atoms with van der Waals surface area (Å²) in [6.45, 7) is 9.07. The minimum absolute atomic E-state index is 0.0636. The Morgan fingerprint density at radius 1 is 0.818 bits per heavy atom. The third-order valence-corrected chi connectivity index (χ3v) is 5.71. The predicted octanol–water partition coefficient (Wildman–Crippen LogP) is 4.74. The first-order chi connectivity index (χ1) is 15.9. The molecule has 7 heteroatoms. The standard InChI is InChI=1S/C26H54N4O3/c1-5-7-8-9-10-11-12-13-14-15-16-17-20-24(31)30-23(25(32)33-6-2)19-18-21-28-26(27)29-22(3)4/h22-23,26,28-29H,5-21,27H2,1-4H3,(H,30,31). The van der Waals surface area contributed by atoms with Gasteiger partial charge in [-0.2, -0.15) is 0 Å². The number of rotatable bonds is 23. The first-order valence-corrected chi connectivity index (χ1v) is 13.6. The first-order valence-electron chi connectivity index (χ1n) is 13.6. The van der Waals surface area contributed by atoms with Gasteiger partial charge in [-0.15, -0.1) is 0 Å². The molecule has 0 heterocycles. The maximum Gasteiger partial charge on any atom is 0.328 e. The van der Waals surface area contributed by atoms with Gasteiger partial charge in [-0.25, -0.2) is 4.79 Å². The highest BCUT2D eigenvalue weighted by molar-refractivity contribution is 5.84. The molecule has 0 aliphatic rings. The molecule has 0 saturated heterocycles. The second-order valence-electron chi connectivity index (χ2n) is 9.41. The van der Waals surface area contributed by atoms with Gasteiger partial charge >= 0.3 is 5.97 Å². The average Bonchev–Trinajstić information content (AvgIpc) is 2.76. The number of ether oxygens (including phenoxy) is 1. The van der Waals surface area contributed by atoms with Gasteiger partial charge in [0.1, 0.15) is 12.3 Å². The molecule has 1 amide bonds. The molecular formula is C26H54N4O3. The normalized spacial score (nSPS) is 13.2. The number of amides is 1. The lowest BCUT2D eigenvalue weighted by molar-refractivity contribution is -0.147. The van der Waals surface area contributed by atoms with Crippen LogP contribution in [0.1, 0.15) is 124 Å². The summed E-state index contributed by atoms with van der Waals surface area (Å²) in [4.78, 5) is 24.6. The highest BCUT2D eigenvalue weighted by Crippen LogP contribution is 2.12. The fourth-order valence-electron chi connectivity index (χ4n) is 3.87. The van der Waals surface area contributed by atoms with Gasteiger partial charge in [-0.1, -0.05) is 77.6 Å². The number of hydrogen-bond donors (Lipinski definition) is 4. The Balaban J connectivity index is 3.93. The van der Waals surface area contributed by atoms with Crippen LogP contribution in [0.3, 0.4) is 0 Å². The lowest BCUT2D eigenvalue weighted by atomic mass is 10.0. The lowest BCUT2D eigenvalue weighted by Gasteiger charge is -2.20. The predicted molar refractivity (Wildman–Crippen MR) is 138 cm³/mol. The van der Waals surface area contributed by atoms with Crippen molar-refractivity contribution < 1.29 is 14.3 Å². The summed E-state index contributed by atoms with van der Waals surface area (Å²) in [6, 6.07) is -0.301. The molecule has 0 aliphatic heterocycles. The van der Waals surface area contributed by atoms with E-state index in [1.807, 2.05) is 13.8 Å². The zero-order chi connectivity index (χ0) is 24.7. The summed E-state index contributed by atoms with van der Waals surface area (Å²) in [5.74, 6) is -0.420. The van der Waals surface area contributed by atoms with Crippen LogP contribution in [0.5, 0.6) is 0 Å². The highest BCUT2D eigenvalue weighted by Gasteiger charge is 2.21. The van der Waals surface area contributed by atoms with Crippen molar-refractivity contribution >= 4 is 11.9 Å². The summed E-state index contributed by atoms with van der Waals surface area (Å²) < 4.78 is 5.14. The molecule has 0 fully saturated rings. The Morgan fingerprint density at radius 3 is 1.88 bits per heavy atom. The van der Waals surface area contributed by atoms with Crippen LogP contribution in [0, 0.1) is 0 Å². The Hall–Kier alpha value is -1.18. The number of carbonyl (C=O) groups excluding carboxylic acids is 2. The molecule has 2 unspecified atom stereocenters. The monoisotopic (exact) mass is 470 g/mol. The molecular weight excluding hydrogens is 416 g/mol. The Labute approximate surface area is 203 Å². The number of hydrogen-bond acceptors (Lipinski definition) is 6. The van der Waals surface area contributed by atoms with Crippen LogP contribution in [0.4, 0.5) is 0 Å². The van der Waals surface area contributed by atoms with Gasteiger partial charge in [0.2, 0.25) is 5.91 Å². The topological polar surface area (TPSA) is 105 Å². The Kier molecular flexibility index (Phi) is 21.8. The second kappa shape index (κ2) is 22.6. The van der Waals surface area contributed by atoms with E-state index in [9.17, 15) is 9.59 Å². The fourth-order valence-corrected chi connectivity index (χ4v) is 3.87. The van der Waals surface area contributed by atoms with Crippen molar-refractivity contribution in [2.24, 2.45) is 5.73 Å². The molecule has 0 aromatic carbocycles. The van der Waals surface area contributed by atoms with E-state index in [1.165, 1.54) is 64.2 Å². The molecule has 0 bridgehead atoms. The zero-order valence-corrected chi connectivity index (χ0v) is 22.1. The molecule has 0 saturated carbocycles. The minimum Gasteiger partial charge on any atom is -0.464 e. The highest BCUT2D eigenvalue weighted by atomic mass is 16.5. The summed E-state index contributed by atoms with van der Waals surface area (Å²) in [6.07, 6.45) is 16.6. The number of esters is 1. The van der Waals surface area contributed by atoms with E-state index >= 15 is 0 Å². The molecule has 5 N–H and O–H groups in total. The maximum absolute atomic E-state index is 12.3. The fraction of sp³-hybridized carbons (Fsp3) is 0.923. The van der Waals surface area contributed by atoms with Gasteiger partial charge in [0, 0.05) is 12.5 Å². The molecule has 2 atom stereocenters. The Bertz CT molecular complexity index is 474. The molecule has 0 aliphatic carbocycles. The third-order valence-electron chi connectivity index (χ3n) is 5.71. The number of nitrogens with one attached hydrogen (secondary N) is 3. The quantitative estimate of drug-likeness (QED) is 0.0977. The largest absolute Gasteiger partial charge is 0.464 e. The molecule has 7 nitrogen and oxygen atoms in total. The molecule has 0 aromatic heterocycles. The van der Waals surface area contributed by atoms with Crippen molar-refractivity contribution in [3.05, 3.63) is 0 Å². The van der Waals surface area contributed by atoms with E-state index < -0.39 is 6.04 Å². The molecule has 196 valence electrons. The van der Waals surface area contributed by atoms with E-state index in [2.05, 4.69) is 22.9 Å². The molecule has 0 aromatic rings. The molecule has 0 rings (SSSR count). The van der Waals surface area contributed by atoms with Crippen LogP contribution in [0.2, 0.25) is 0 Å². The van der Waals surface area contributed by atoms with Gasteiger partial charge in [0.25, 0.3) is 0 Å². The van der Waals surface area contributed by atoms with Crippen LogP contribution in [-0.2, 0) is 14.3 Å². The Morgan fingerprint density at radius 2 is 1.36 bits per heavy atom. The van der Waals surface area contributed by atoms with E-state index in [4.69, 9.17) is 10.5 Å². The molecule has 0 spiro atoms. The van der Waals surface area contributed by atoms with Crippen LogP contribution >= 0.6 is 0 Å². The lowest BCUT2D eigenvalue weighted by Crippen LogP contribution is -2.52. The molecule has 33 heavy (non-hydrogen) atoms. The van der Waals surface area contributed by atoms with Crippen molar-refractivity contribution in [2.45, 2.75) is 142 Å². The molecule has 0 radical (unpaired) electrons. The van der Waals surface area contributed by atoms with Crippen LogP contribution in [0.25, 0.3) is 0 Å². The maximum atomic E-state index is 12.3. The van der Waals surface area contributed by atoms with Gasteiger partial charge in [0.05, 0.1) is 6.61 Å². The van der Waals surface area contributed by atoms with Crippen LogP contribution < -0.4 is 21.7 Å². The smallest absolute Gasteiger partial charge is 0.328 e. The van der Waals surface area contributed by atoms with Crippen molar-refractivity contribution in [1.29, 1.82) is 0 Å².